The summed E-state index contributed by atoms with van der Waals surface area (Å²) in [6.45, 7) is 2.85. The van der Waals surface area contributed by atoms with Gasteiger partial charge in [-0.15, -0.1) is 11.3 Å². The van der Waals surface area contributed by atoms with E-state index < -0.39 is 11.7 Å². The van der Waals surface area contributed by atoms with E-state index in [1.54, 1.807) is 32.1 Å². The summed E-state index contributed by atoms with van der Waals surface area (Å²) in [6.07, 6.45) is -1.72. The van der Waals surface area contributed by atoms with Gasteiger partial charge in [-0.1, -0.05) is 18.2 Å². The third-order valence-electron chi connectivity index (χ3n) is 5.97. The number of amides is 1. The summed E-state index contributed by atoms with van der Waals surface area (Å²) in [5, 5.41) is 0.632. The average molecular weight is 505 g/mol. The van der Waals surface area contributed by atoms with E-state index in [0.29, 0.717) is 58.1 Å². The molecule has 1 heterocycles. The number of nitrogens with zero attached hydrogens (tertiary/aromatic N) is 2. The van der Waals surface area contributed by atoms with Crippen molar-refractivity contribution in [2.24, 2.45) is 5.92 Å². The largest absolute Gasteiger partial charge is 0.493 e. The molecule has 0 spiro atoms. The Morgan fingerprint density at radius 3 is 2.51 bits per heavy atom. The first kappa shape index (κ1) is 25.0. The van der Waals surface area contributed by atoms with Gasteiger partial charge in [0.05, 0.1) is 30.5 Å². The summed E-state index contributed by atoms with van der Waals surface area (Å²) in [6, 6.07) is 10.7. The van der Waals surface area contributed by atoms with Gasteiger partial charge in [-0.05, 0) is 61.9 Å². The molecule has 1 amide bonds. The van der Waals surface area contributed by atoms with Crippen LogP contribution in [0, 0.1) is 12.8 Å². The summed E-state index contributed by atoms with van der Waals surface area (Å²) in [7, 11) is 3.15. The van der Waals surface area contributed by atoms with Crippen molar-refractivity contribution < 1.29 is 27.4 Å². The molecule has 0 aliphatic heterocycles. The number of methoxy groups -OCH3 is 2. The number of aryl methyl sites for hydroxylation is 1. The van der Waals surface area contributed by atoms with E-state index in [9.17, 15) is 18.0 Å². The summed E-state index contributed by atoms with van der Waals surface area (Å²) in [5.74, 6) is 1.51. The van der Waals surface area contributed by atoms with Crippen molar-refractivity contribution in [3.8, 4) is 22.8 Å². The second-order valence-corrected chi connectivity index (χ2v) is 9.83. The van der Waals surface area contributed by atoms with E-state index in [4.69, 9.17) is 9.47 Å². The number of rotatable bonds is 9. The molecule has 35 heavy (non-hydrogen) atoms. The highest BCUT2D eigenvalue weighted by Crippen LogP contribution is 2.36. The van der Waals surface area contributed by atoms with Crippen molar-refractivity contribution >= 4 is 17.2 Å². The zero-order chi connectivity index (χ0) is 25.2. The van der Waals surface area contributed by atoms with Crippen LogP contribution >= 0.6 is 11.3 Å². The van der Waals surface area contributed by atoms with Gasteiger partial charge in [0.1, 0.15) is 4.88 Å². The average Bonchev–Trinajstić information content (AvgIpc) is 3.58. The van der Waals surface area contributed by atoms with E-state index in [2.05, 4.69) is 4.98 Å². The van der Waals surface area contributed by atoms with Crippen LogP contribution in [0.3, 0.4) is 0 Å². The summed E-state index contributed by atoms with van der Waals surface area (Å²) in [5.41, 5.74) is 0.825. The topological polar surface area (TPSA) is 51.7 Å². The molecule has 0 atom stereocenters. The molecule has 1 aliphatic carbocycles. The lowest BCUT2D eigenvalue weighted by molar-refractivity contribution is -0.137. The summed E-state index contributed by atoms with van der Waals surface area (Å²) >= 11 is 1.22. The quantitative estimate of drug-likeness (QED) is 0.346. The SMILES string of the molecule is COc1ccc(CCN(CC2CC2)C(=O)c2sc(C)nc2-c2cccc(C(F)(F)F)c2)cc1OC. The number of aromatic nitrogens is 1. The van der Waals surface area contributed by atoms with E-state index in [1.165, 1.54) is 17.4 Å². The van der Waals surface area contributed by atoms with Crippen LogP contribution in [0.5, 0.6) is 11.5 Å². The van der Waals surface area contributed by atoms with Gasteiger partial charge >= 0.3 is 6.18 Å². The fourth-order valence-corrected chi connectivity index (χ4v) is 4.85. The van der Waals surface area contributed by atoms with E-state index >= 15 is 0 Å². The minimum absolute atomic E-state index is 0.199. The van der Waals surface area contributed by atoms with Gasteiger partial charge < -0.3 is 14.4 Å². The Kier molecular flexibility index (Phi) is 7.35. The second kappa shape index (κ2) is 10.3. The maximum Gasteiger partial charge on any atom is 0.416 e. The van der Waals surface area contributed by atoms with Gasteiger partial charge in [0.2, 0.25) is 0 Å². The zero-order valence-electron chi connectivity index (χ0n) is 19.8. The highest BCUT2D eigenvalue weighted by atomic mass is 32.1. The standard InChI is InChI=1S/C26H27F3N2O3S/c1-16-30-23(19-5-4-6-20(14-19)26(27,28)29)24(35-16)25(32)31(15-18-7-8-18)12-11-17-9-10-21(33-2)22(13-17)34-3/h4-6,9-10,13-14,18H,7-8,11-12,15H2,1-3H3. The first-order valence-electron chi connectivity index (χ1n) is 11.3. The van der Waals surface area contributed by atoms with Gasteiger partial charge in [-0.25, -0.2) is 4.98 Å². The van der Waals surface area contributed by atoms with Crippen molar-refractivity contribution in [1.82, 2.24) is 9.88 Å². The number of carbonyl (C=O) groups excluding carboxylic acids is 1. The number of hydrogen-bond acceptors (Lipinski definition) is 5. The monoisotopic (exact) mass is 504 g/mol. The van der Waals surface area contributed by atoms with Crippen LogP contribution in [-0.4, -0.2) is 43.1 Å². The number of halogens is 3. The van der Waals surface area contributed by atoms with Crippen molar-refractivity contribution in [2.45, 2.75) is 32.4 Å². The van der Waals surface area contributed by atoms with Crippen LogP contribution in [0.25, 0.3) is 11.3 Å². The minimum Gasteiger partial charge on any atom is -0.493 e. The van der Waals surface area contributed by atoms with Crippen LogP contribution in [0.4, 0.5) is 13.2 Å². The Hall–Kier alpha value is -3.07. The first-order chi connectivity index (χ1) is 16.7. The van der Waals surface area contributed by atoms with Crippen LogP contribution in [0.15, 0.2) is 42.5 Å². The fraction of sp³-hybridized carbons (Fsp3) is 0.385. The van der Waals surface area contributed by atoms with Crippen molar-refractivity contribution in [1.29, 1.82) is 0 Å². The number of ether oxygens (including phenoxy) is 2. The predicted octanol–water partition coefficient (Wildman–Crippen LogP) is 6.25. The number of hydrogen-bond donors (Lipinski definition) is 0. The molecule has 1 aliphatic rings. The van der Waals surface area contributed by atoms with E-state index in [1.807, 2.05) is 18.2 Å². The Balaban J connectivity index is 1.60. The molecule has 5 nitrogen and oxygen atoms in total. The lowest BCUT2D eigenvalue weighted by Gasteiger charge is -2.23. The zero-order valence-corrected chi connectivity index (χ0v) is 20.6. The molecule has 0 saturated heterocycles. The molecular formula is C26H27F3N2O3S. The van der Waals surface area contributed by atoms with Crippen molar-refractivity contribution in [3.05, 3.63) is 63.5 Å². The Labute approximate surface area is 206 Å². The van der Waals surface area contributed by atoms with E-state index in [-0.39, 0.29) is 5.91 Å². The first-order valence-corrected chi connectivity index (χ1v) is 12.2. The van der Waals surface area contributed by atoms with Crippen LogP contribution in [0.2, 0.25) is 0 Å². The molecule has 4 rings (SSSR count). The molecule has 0 N–H and O–H groups in total. The van der Waals surface area contributed by atoms with Crippen molar-refractivity contribution in [2.75, 3.05) is 27.3 Å². The molecule has 1 saturated carbocycles. The Morgan fingerprint density at radius 2 is 1.86 bits per heavy atom. The third-order valence-corrected chi connectivity index (χ3v) is 6.93. The number of benzene rings is 2. The molecule has 0 unspecified atom stereocenters. The predicted molar refractivity (Wildman–Crippen MR) is 129 cm³/mol. The number of alkyl halides is 3. The molecular weight excluding hydrogens is 477 g/mol. The fourth-order valence-electron chi connectivity index (χ4n) is 3.94. The maximum atomic E-state index is 13.7. The minimum atomic E-state index is -4.47. The summed E-state index contributed by atoms with van der Waals surface area (Å²) < 4.78 is 50.5. The smallest absolute Gasteiger partial charge is 0.416 e. The maximum absolute atomic E-state index is 13.7. The van der Waals surface area contributed by atoms with Gasteiger partial charge in [-0.3, -0.25) is 4.79 Å². The van der Waals surface area contributed by atoms with Gasteiger partial charge in [0, 0.05) is 18.7 Å². The molecule has 1 fully saturated rings. The normalized spacial score (nSPS) is 13.5. The van der Waals surface area contributed by atoms with Crippen LogP contribution < -0.4 is 9.47 Å². The molecule has 9 heteroatoms. The molecule has 2 aromatic carbocycles. The molecule has 3 aromatic rings. The molecule has 186 valence electrons. The number of thiazole rings is 1. The summed E-state index contributed by atoms with van der Waals surface area (Å²) in [4.78, 5) is 20.3. The molecule has 0 bridgehead atoms. The lowest BCUT2D eigenvalue weighted by atomic mass is 10.1. The van der Waals surface area contributed by atoms with E-state index in [0.717, 1.165) is 30.5 Å². The van der Waals surface area contributed by atoms with Crippen LogP contribution in [0.1, 0.15) is 38.6 Å². The number of carbonyl (C=O) groups is 1. The highest BCUT2D eigenvalue weighted by molar-refractivity contribution is 7.14. The Bertz CT molecular complexity index is 1200. The molecule has 0 radical (unpaired) electrons. The van der Waals surface area contributed by atoms with Crippen LogP contribution in [-0.2, 0) is 12.6 Å². The lowest BCUT2D eigenvalue weighted by Crippen LogP contribution is -2.34. The third kappa shape index (κ3) is 5.96. The molecule has 1 aromatic heterocycles. The highest BCUT2D eigenvalue weighted by Gasteiger charge is 2.32. The van der Waals surface area contributed by atoms with Gasteiger partial charge in [0.25, 0.3) is 5.91 Å². The second-order valence-electron chi connectivity index (χ2n) is 8.62. The Morgan fingerprint density at radius 1 is 1.11 bits per heavy atom. The van der Waals surface area contributed by atoms with Gasteiger partial charge in [-0.2, -0.15) is 13.2 Å². The van der Waals surface area contributed by atoms with Crippen molar-refractivity contribution in [3.63, 3.8) is 0 Å². The van der Waals surface area contributed by atoms with Gasteiger partial charge in [0.15, 0.2) is 11.5 Å².